The molecule has 1 heterocycles. The number of aromatic nitrogens is 2. The molecule has 5 nitrogen and oxygen atoms in total. The van der Waals surface area contributed by atoms with E-state index in [0.717, 1.165) is 5.56 Å². The number of hydrogen-bond donors (Lipinski definition) is 1. The Morgan fingerprint density at radius 3 is 2.89 bits per heavy atom. The minimum atomic E-state index is -0.415. The third-order valence-corrected chi connectivity index (χ3v) is 2.47. The molecule has 1 N–H and O–H groups in total. The average Bonchev–Trinajstić information content (AvgIpc) is 2.45. The number of anilines is 1. The van der Waals surface area contributed by atoms with E-state index in [4.69, 9.17) is 10.00 Å². The number of nitriles is 1. The lowest BCUT2D eigenvalue weighted by atomic mass is 10.2. The molecule has 0 saturated heterocycles. The monoisotopic (exact) mass is 258 g/mol. The van der Waals surface area contributed by atoms with Crippen molar-refractivity contribution >= 4 is 5.82 Å². The number of nitrogens with zero attached hydrogens (tertiary/aromatic N) is 3. The van der Waals surface area contributed by atoms with E-state index in [1.54, 1.807) is 12.1 Å². The summed E-state index contributed by atoms with van der Waals surface area (Å²) in [5.74, 6) is 0.308. The molecule has 0 aliphatic heterocycles. The molecule has 2 rings (SSSR count). The van der Waals surface area contributed by atoms with E-state index in [2.05, 4.69) is 15.3 Å². The van der Waals surface area contributed by atoms with Gasteiger partial charge in [0.25, 0.3) is 0 Å². The summed E-state index contributed by atoms with van der Waals surface area (Å²) in [5.41, 5.74) is 1.02. The van der Waals surface area contributed by atoms with Gasteiger partial charge in [0.15, 0.2) is 11.6 Å². The van der Waals surface area contributed by atoms with Gasteiger partial charge in [-0.2, -0.15) is 5.26 Å². The zero-order valence-corrected chi connectivity index (χ0v) is 10.2. The fraction of sp³-hybridized carbons (Fsp3) is 0.154. The number of methoxy groups -OCH3 is 1. The Balaban J connectivity index is 2.06. The summed E-state index contributed by atoms with van der Waals surface area (Å²) in [5, 5.41) is 11.7. The van der Waals surface area contributed by atoms with Gasteiger partial charge in [-0.1, -0.05) is 6.07 Å². The minimum Gasteiger partial charge on any atom is -0.494 e. The molecule has 0 unspecified atom stereocenters. The van der Waals surface area contributed by atoms with Crippen molar-refractivity contribution in [2.24, 2.45) is 0 Å². The van der Waals surface area contributed by atoms with Gasteiger partial charge < -0.3 is 10.1 Å². The predicted octanol–water partition coefficient (Wildman–Crippen LogP) is 2.11. The molecule has 1 aromatic heterocycles. The quantitative estimate of drug-likeness (QED) is 0.909. The summed E-state index contributed by atoms with van der Waals surface area (Å²) in [6.45, 7) is 0.392. The Labute approximate surface area is 109 Å². The molecule has 0 bridgehead atoms. The van der Waals surface area contributed by atoms with Crippen LogP contribution in [0.25, 0.3) is 0 Å². The van der Waals surface area contributed by atoms with Crippen LogP contribution in [-0.4, -0.2) is 17.1 Å². The highest BCUT2D eigenvalue weighted by molar-refractivity contribution is 5.40. The summed E-state index contributed by atoms with van der Waals surface area (Å²) in [6.07, 6.45) is 1.30. The Morgan fingerprint density at radius 2 is 2.21 bits per heavy atom. The van der Waals surface area contributed by atoms with Gasteiger partial charge in [-0.15, -0.1) is 0 Å². The van der Waals surface area contributed by atoms with E-state index < -0.39 is 5.82 Å². The number of halogens is 1. The van der Waals surface area contributed by atoms with Crippen LogP contribution in [0.1, 0.15) is 11.3 Å². The number of ether oxygens (including phenoxy) is 1. The molecule has 0 fully saturated rings. The van der Waals surface area contributed by atoms with Crippen molar-refractivity contribution in [3.05, 3.63) is 47.7 Å². The van der Waals surface area contributed by atoms with E-state index in [1.165, 1.54) is 25.6 Å². The Kier molecular flexibility index (Phi) is 3.88. The van der Waals surface area contributed by atoms with Crippen LogP contribution in [0, 0.1) is 17.1 Å². The molecule has 0 aliphatic rings. The summed E-state index contributed by atoms with van der Waals surface area (Å²) < 4.78 is 18.3. The van der Waals surface area contributed by atoms with Gasteiger partial charge in [0.1, 0.15) is 23.9 Å². The first kappa shape index (κ1) is 12.8. The van der Waals surface area contributed by atoms with Gasteiger partial charge >= 0.3 is 0 Å². The van der Waals surface area contributed by atoms with Gasteiger partial charge in [-0.05, 0) is 17.7 Å². The molecule has 0 saturated carbocycles. The maximum Gasteiger partial charge on any atom is 0.165 e. The van der Waals surface area contributed by atoms with Crippen molar-refractivity contribution < 1.29 is 9.13 Å². The standard InChI is InChI=1S/C13H11FN4O/c1-19-12-3-2-9(4-11(12)14)7-16-13-5-10(6-15)17-8-18-13/h2-5,8H,7H2,1H3,(H,16,17,18). The SMILES string of the molecule is COc1ccc(CNc2cc(C#N)ncn2)cc1F. The van der Waals surface area contributed by atoms with Crippen molar-refractivity contribution in [2.45, 2.75) is 6.54 Å². The lowest BCUT2D eigenvalue weighted by Crippen LogP contribution is -2.03. The Bertz CT molecular complexity index is 624. The molecule has 0 atom stereocenters. The van der Waals surface area contributed by atoms with E-state index in [1.807, 2.05) is 6.07 Å². The molecule has 1 aromatic carbocycles. The molecular formula is C13H11FN4O. The molecule has 6 heteroatoms. The molecule has 0 aliphatic carbocycles. The average molecular weight is 258 g/mol. The van der Waals surface area contributed by atoms with Crippen molar-refractivity contribution in [3.63, 3.8) is 0 Å². The predicted molar refractivity (Wildman–Crippen MR) is 67.0 cm³/mol. The van der Waals surface area contributed by atoms with Crippen LogP contribution in [0.2, 0.25) is 0 Å². The lowest BCUT2D eigenvalue weighted by Gasteiger charge is -2.07. The highest BCUT2D eigenvalue weighted by atomic mass is 19.1. The number of nitrogens with one attached hydrogen (secondary N) is 1. The molecule has 0 radical (unpaired) electrons. The summed E-state index contributed by atoms with van der Waals surface area (Å²) in [7, 11) is 1.42. The fourth-order valence-corrected chi connectivity index (χ4v) is 1.53. The third kappa shape index (κ3) is 3.16. The maximum atomic E-state index is 13.5. The highest BCUT2D eigenvalue weighted by Gasteiger charge is 2.04. The van der Waals surface area contributed by atoms with Crippen molar-refractivity contribution in [2.75, 3.05) is 12.4 Å². The largest absolute Gasteiger partial charge is 0.494 e. The second-order valence-corrected chi connectivity index (χ2v) is 3.72. The number of benzene rings is 1. The Hall–Kier alpha value is -2.68. The highest BCUT2D eigenvalue weighted by Crippen LogP contribution is 2.18. The van der Waals surface area contributed by atoms with Crippen molar-refractivity contribution in [3.8, 4) is 11.8 Å². The first-order chi connectivity index (χ1) is 9.22. The summed E-state index contributed by atoms with van der Waals surface area (Å²) in [4.78, 5) is 7.73. The molecular weight excluding hydrogens is 247 g/mol. The summed E-state index contributed by atoms with van der Waals surface area (Å²) in [6, 6.07) is 8.15. The number of rotatable bonds is 4. The van der Waals surface area contributed by atoms with E-state index in [0.29, 0.717) is 12.4 Å². The van der Waals surface area contributed by atoms with Gasteiger partial charge in [-0.25, -0.2) is 14.4 Å². The second-order valence-electron chi connectivity index (χ2n) is 3.72. The van der Waals surface area contributed by atoms with Gasteiger partial charge in [-0.3, -0.25) is 0 Å². The topological polar surface area (TPSA) is 70.8 Å². The van der Waals surface area contributed by atoms with Crippen LogP contribution in [0.5, 0.6) is 5.75 Å². The van der Waals surface area contributed by atoms with Crippen LogP contribution in [0.3, 0.4) is 0 Å². The number of hydrogen-bond acceptors (Lipinski definition) is 5. The third-order valence-electron chi connectivity index (χ3n) is 2.47. The zero-order chi connectivity index (χ0) is 13.7. The van der Waals surface area contributed by atoms with E-state index in [-0.39, 0.29) is 11.4 Å². The van der Waals surface area contributed by atoms with Crippen LogP contribution >= 0.6 is 0 Å². The van der Waals surface area contributed by atoms with Crippen LogP contribution in [-0.2, 0) is 6.54 Å². The van der Waals surface area contributed by atoms with E-state index in [9.17, 15) is 4.39 Å². The summed E-state index contributed by atoms with van der Waals surface area (Å²) >= 11 is 0. The molecule has 19 heavy (non-hydrogen) atoms. The zero-order valence-electron chi connectivity index (χ0n) is 10.2. The van der Waals surface area contributed by atoms with Gasteiger partial charge in [0, 0.05) is 12.6 Å². The minimum absolute atomic E-state index is 0.206. The molecule has 0 spiro atoms. The molecule has 2 aromatic rings. The van der Waals surface area contributed by atoms with Crippen molar-refractivity contribution in [1.29, 1.82) is 5.26 Å². The van der Waals surface area contributed by atoms with Crippen LogP contribution < -0.4 is 10.1 Å². The fourth-order valence-electron chi connectivity index (χ4n) is 1.53. The first-order valence-corrected chi connectivity index (χ1v) is 5.51. The van der Waals surface area contributed by atoms with Gasteiger partial charge in [0.05, 0.1) is 7.11 Å². The van der Waals surface area contributed by atoms with Crippen molar-refractivity contribution in [1.82, 2.24) is 9.97 Å². The normalized spacial score (nSPS) is 9.74. The Morgan fingerprint density at radius 1 is 1.37 bits per heavy atom. The maximum absolute atomic E-state index is 13.5. The molecule has 0 amide bonds. The smallest absolute Gasteiger partial charge is 0.165 e. The lowest BCUT2D eigenvalue weighted by molar-refractivity contribution is 0.386. The van der Waals surface area contributed by atoms with E-state index >= 15 is 0 Å². The first-order valence-electron chi connectivity index (χ1n) is 5.51. The van der Waals surface area contributed by atoms with Gasteiger partial charge in [0.2, 0.25) is 0 Å². The van der Waals surface area contributed by atoms with Crippen LogP contribution in [0.15, 0.2) is 30.6 Å². The van der Waals surface area contributed by atoms with Crippen LogP contribution in [0.4, 0.5) is 10.2 Å². The molecule has 96 valence electrons. The second kappa shape index (κ2) is 5.78.